The number of amides is 1. The van der Waals surface area contributed by atoms with Crippen molar-refractivity contribution in [2.24, 2.45) is 5.92 Å². The molecule has 20 heavy (non-hydrogen) atoms. The summed E-state index contributed by atoms with van der Waals surface area (Å²) in [6.45, 7) is 6.83. The lowest BCUT2D eigenvalue weighted by Gasteiger charge is -2.29. The van der Waals surface area contributed by atoms with E-state index in [4.69, 9.17) is 4.74 Å². The van der Waals surface area contributed by atoms with Crippen molar-refractivity contribution in [2.75, 3.05) is 36.5 Å². The summed E-state index contributed by atoms with van der Waals surface area (Å²) < 4.78 is 19.1. The average molecular weight is 280 g/mol. The third-order valence-electron chi connectivity index (χ3n) is 3.19. The van der Waals surface area contributed by atoms with E-state index in [1.54, 1.807) is 12.1 Å². The van der Waals surface area contributed by atoms with Gasteiger partial charge in [0.15, 0.2) is 0 Å². The van der Waals surface area contributed by atoms with E-state index < -0.39 is 5.82 Å². The van der Waals surface area contributed by atoms with Crippen LogP contribution in [-0.2, 0) is 9.53 Å². The number of morpholine rings is 1. The minimum absolute atomic E-state index is 0.155. The Labute approximate surface area is 118 Å². The van der Waals surface area contributed by atoms with Crippen LogP contribution in [0.4, 0.5) is 15.8 Å². The van der Waals surface area contributed by atoms with Crippen molar-refractivity contribution in [3.05, 3.63) is 24.0 Å². The van der Waals surface area contributed by atoms with E-state index in [9.17, 15) is 9.18 Å². The lowest BCUT2D eigenvalue weighted by molar-refractivity contribution is -0.116. The molecule has 1 aromatic rings. The van der Waals surface area contributed by atoms with Gasteiger partial charge in [-0.25, -0.2) is 4.39 Å². The summed E-state index contributed by atoms with van der Waals surface area (Å²) in [5.41, 5.74) is 1.16. The van der Waals surface area contributed by atoms with Crippen molar-refractivity contribution >= 4 is 17.3 Å². The molecule has 1 fully saturated rings. The minimum Gasteiger partial charge on any atom is -0.378 e. The summed E-state index contributed by atoms with van der Waals surface area (Å²) in [6, 6.07) is 4.83. The molecule has 1 saturated heterocycles. The Morgan fingerprint density at radius 3 is 2.75 bits per heavy atom. The first-order chi connectivity index (χ1) is 9.56. The molecule has 1 aliphatic heterocycles. The van der Waals surface area contributed by atoms with Gasteiger partial charge in [0.2, 0.25) is 5.91 Å². The van der Waals surface area contributed by atoms with Gasteiger partial charge in [-0.1, -0.05) is 13.8 Å². The Morgan fingerprint density at radius 2 is 2.10 bits per heavy atom. The number of nitrogens with zero attached hydrogens (tertiary/aromatic N) is 1. The van der Waals surface area contributed by atoms with Gasteiger partial charge in [-0.3, -0.25) is 4.79 Å². The number of anilines is 2. The number of nitrogens with one attached hydrogen (secondary N) is 1. The fourth-order valence-electron chi connectivity index (χ4n) is 2.20. The molecule has 5 heteroatoms. The van der Waals surface area contributed by atoms with E-state index in [0.29, 0.717) is 19.6 Å². The highest BCUT2D eigenvalue weighted by molar-refractivity contribution is 5.91. The lowest BCUT2D eigenvalue weighted by Crippen LogP contribution is -2.36. The molecule has 0 aromatic heterocycles. The zero-order chi connectivity index (χ0) is 14.5. The topological polar surface area (TPSA) is 41.6 Å². The first-order valence-electron chi connectivity index (χ1n) is 6.98. The minimum atomic E-state index is -0.404. The predicted octanol–water partition coefficient (Wildman–Crippen LogP) is 2.65. The van der Waals surface area contributed by atoms with E-state index in [1.807, 2.05) is 13.8 Å². The molecule has 1 amide bonds. The van der Waals surface area contributed by atoms with E-state index >= 15 is 0 Å². The van der Waals surface area contributed by atoms with E-state index in [1.165, 1.54) is 6.07 Å². The molecule has 0 bridgehead atoms. The number of benzene rings is 1. The average Bonchev–Trinajstić information content (AvgIpc) is 2.41. The van der Waals surface area contributed by atoms with E-state index in [2.05, 4.69) is 10.2 Å². The number of halogens is 1. The van der Waals surface area contributed by atoms with Crippen molar-refractivity contribution in [1.82, 2.24) is 0 Å². The highest BCUT2D eigenvalue weighted by Crippen LogP contribution is 2.24. The van der Waals surface area contributed by atoms with Crippen LogP contribution in [0.1, 0.15) is 20.3 Å². The molecule has 0 spiro atoms. The second-order valence-corrected chi connectivity index (χ2v) is 5.41. The predicted molar refractivity (Wildman–Crippen MR) is 77.5 cm³/mol. The van der Waals surface area contributed by atoms with Crippen LogP contribution in [0, 0.1) is 11.7 Å². The maximum Gasteiger partial charge on any atom is 0.224 e. The van der Waals surface area contributed by atoms with Gasteiger partial charge < -0.3 is 15.0 Å². The highest BCUT2D eigenvalue weighted by atomic mass is 19.1. The van der Waals surface area contributed by atoms with Crippen LogP contribution in [0.15, 0.2) is 18.2 Å². The smallest absolute Gasteiger partial charge is 0.224 e. The third kappa shape index (κ3) is 3.93. The van der Waals surface area contributed by atoms with E-state index in [-0.39, 0.29) is 17.5 Å². The van der Waals surface area contributed by atoms with Gasteiger partial charge in [-0.15, -0.1) is 0 Å². The molecule has 1 heterocycles. The normalized spacial score (nSPS) is 15.5. The van der Waals surface area contributed by atoms with Gasteiger partial charge in [0, 0.05) is 25.2 Å². The zero-order valence-corrected chi connectivity index (χ0v) is 12.0. The van der Waals surface area contributed by atoms with Crippen LogP contribution in [0.25, 0.3) is 0 Å². The van der Waals surface area contributed by atoms with Gasteiger partial charge >= 0.3 is 0 Å². The summed E-state index contributed by atoms with van der Waals surface area (Å²) in [5.74, 6) is -0.308. The molecule has 0 aliphatic carbocycles. The molecule has 0 saturated carbocycles. The molecular weight excluding hydrogens is 259 g/mol. The van der Waals surface area contributed by atoms with Crippen molar-refractivity contribution in [2.45, 2.75) is 20.3 Å². The third-order valence-corrected chi connectivity index (χ3v) is 3.19. The Balaban J connectivity index is 2.09. The number of hydrogen-bond donors (Lipinski definition) is 1. The summed E-state index contributed by atoms with van der Waals surface area (Å²) in [4.78, 5) is 13.9. The largest absolute Gasteiger partial charge is 0.378 e. The maximum atomic E-state index is 13.8. The Morgan fingerprint density at radius 1 is 1.40 bits per heavy atom. The molecule has 1 N–H and O–H groups in total. The fraction of sp³-hybridized carbons (Fsp3) is 0.533. The first-order valence-corrected chi connectivity index (χ1v) is 6.98. The molecule has 1 aliphatic rings. The lowest BCUT2D eigenvalue weighted by atomic mass is 10.1. The second kappa shape index (κ2) is 6.70. The molecule has 0 atom stereocenters. The second-order valence-electron chi connectivity index (χ2n) is 5.41. The number of ether oxygens (including phenoxy) is 1. The maximum absolute atomic E-state index is 13.8. The van der Waals surface area contributed by atoms with Crippen LogP contribution >= 0.6 is 0 Å². The SMILES string of the molecule is CC(C)CC(=O)Nc1cc(N2CCOCC2)ccc1F. The van der Waals surface area contributed by atoms with E-state index in [0.717, 1.165) is 18.8 Å². The number of rotatable bonds is 4. The van der Waals surface area contributed by atoms with Crippen molar-refractivity contribution in [3.63, 3.8) is 0 Å². The van der Waals surface area contributed by atoms with Crippen molar-refractivity contribution in [3.8, 4) is 0 Å². The number of hydrogen-bond acceptors (Lipinski definition) is 3. The van der Waals surface area contributed by atoms with Crippen LogP contribution in [-0.4, -0.2) is 32.2 Å². The molecule has 1 aromatic carbocycles. The summed E-state index contributed by atoms with van der Waals surface area (Å²) >= 11 is 0. The number of carbonyl (C=O) groups excluding carboxylic acids is 1. The van der Waals surface area contributed by atoms with Crippen LogP contribution < -0.4 is 10.2 Å². The quantitative estimate of drug-likeness (QED) is 0.922. The molecule has 2 rings (SSSR count). The number of carbonyl (C=O) groups is 1. The summed E-state index contributed by atoms with van der Waals surface area (Å²) in [5, 5.41) is 2.65. The standard InChI is InChI=1S/C15H21FN2O2/c1-11(2)9-15(19)17-14-10-12(3-4-13(14)16)18-5-7-20-8-6-18/h3-4,10-11H,5-9H2,1-2H3,(H,17,19). The van der Waals surface area contributed by atoms with Crippen molar-refractivity contribution in [1.29, 1.82) is 0 Å². The van der Waals surface area contributed by atoms with Gasteiger partial charge in [0.1, 0.15) is 5.82 Å². The van der Waals surface area contributed by atoms with Crippen molar-refractivity contribution < 1.29 is 13.9 Å². The van der Waals surface area contributed by atoms with Crippen LogP contribution in [0.3, 0.4) is 0 Å². The summed E-state index contributed by atoms with van der Waals surface area (Å²) in [6.07, 6.45) is 0.390. The fourth-order valence-corrected chi connectivity index (χ4v) is 2.20. The Kier molecular flexibility index (Phi) is 4.95. The van der Waals surface area contributed by atoms with Gasteiger partial charge in [0.05, 0.1) is 18.9 Å². The highest BCUT2D eigenvalue weighted by Gasteiger charge is 2.14. The van der Waals surface area contributed by atoms with Gasteiger partial charge in [0.25, 0.3) is 0 Å². The molecule has 0 unspecified atom stereocenters. The molecule has 4 nitrogen and oxygen atoms in total. The summed E-state index contributed by atoms with van der Waals surface area (Å²) in [7, 11) is 0. The van der Waals surface area contributed by atoms with Gasteiger partial charge in [-0.2, -0.15) is 0 Å². The van der Waals surface area contributed by atoms with Crippen LogP contribution in [0.2, 0.25) is 0 Å². The molecule has 0 radical (unpaired) electrons. The zero-order valence-electron chi connectivity index (χ0n) is 12.0. The Bertz CT molecular complexity index is 471. The molecule has 110 valence electrons. The monoisotopic (exact) mass is 280 g/mol. The molecular formula is C15H21FN2O2. The van der Waals surface area contributed by atoms with Gasteiger partial charge in [-0.05, 0) is 24.1 Å². The Hall–Kier alpha value is -1.62. The van der Waals surface area contributed by atoms with Crippen LogP contribution in [0.5, 0.6) is 0 Å². The first kappa shape index (κ1) is 14.8.